The molecule has 0 saturated heterocycles. The van der Waals surface area contributed by atoms with E-state index in [2.05, 4.69) is 27.1 Å². The summed E-state index contributed by atoms with van der Waals surface area (Å²) in [7, 11) is 4.00. The van der Waals surface area contributed by atoms with Gasteiger partial charge < -0.3 is 16.0 Å². The van der Waals surface area contributed by atoms with Gasteiger partial charge in [0.2, 0.25) is 0 Å². The molecule has 100 valence electrons. The van der Waals surface area contributed by atoms with E-state index in [1.54, 1.807) is 0 Å². The molecular weight excluding hydrogens is 262 g/mol. The fraction of sp³-hybridized carbons (Fsp3) is 0.231. The molecule has 5 nitrogen and oxygen atoms in total. The van der Waals surface area contributed by atoms with Crippen LogP contribution in [0.2, 0.25) is 5.02 Å². The molecule has 2 aromatic rings. The van der Waals surface area contributed by atoms with Crippen LogP contribution < -0.4 is 16.0 Å². The topological polar surface area (TPSA) is 67.1 Å². The molecule has 6 heteroatoms. The molecule has 0 aliphatic heterocycles. The number of aryl methyl sites for hydroxylation is 1. The van der Waals surface area contributed by atoms with Crippen molar-refractivity contribution in [1.82, 2.24) is 9.97 Å². The van der Waals surface area contributed by atoms with Crippen LogP contribution in [0.15, 0.2) is 24.5 Å². The minimum absolute atomic E-state index is 0.263. The molecular formula is C13H16ClN5. The normalized spacial score (nSPS) is 10.3. The van der Waals surface area contributed by atoms with E-state index in [0.29, 0.717) is 10.8 Å². The van der Waals surface area contributed by atoms with Crippen LogP contribution in [0.3, 0.4) is 0 Å². The van der Waals surface area contributed by atoms with Crippen molar-refractivity contribution in [3.05, 3.63) is 35.1 Å². The van der Waals surface area contributed by atoms with E-state index in [0.717, 1.165) is 11.4 Å². The summed E-state index contributed by atoms with van der Waals surface area (Å²) < 4.78 is 0. The average Bonchev–Trinajstić information content (AvgIpc) is 2.37. The summed E-state index contributed by atoms with van der Waals surface area (Å²) in [5, 5.41) is 3.47. The molecule has 1 aromatic carbocycles. The molecule has 19 heavy (non-hydrogen) atoms. The highest BCUT2D eigenvalue weighted by Crippen LogP contribution is 2.29. The Kier molecular flexibility index (Phi) is 3.76. The molecule has 0 atom stereocenters. The number of benzene rings is 1. The Bertz CT molecular complexity index is 598. The summed E-state index contributed by atoms with van der Waals surface area (Å²) in [6, 6.07) is 6.04. The van der Waals surface area contributed by atoms with Crippen LogP contribution in [-0.2, 0) is 0 Å². The third-order valence-electron chi connectivity index (χ3n) is 2.77. The third kappa shape index (κ3) is 2.88. The fourth-order valence-electron chi connectivity index (χ4n) is 1.78. The first-order valence-corrected chi connectivity index (χ1v) is 6.18. The fourth-order valence-corrected chi connectivity index (χ4v) is 1.92. The van der Waals surface area contributed by atoms with Crippen molar-refractivity contribution in [2.24, 2.45) is 0 Å². The lowest BCUT2D eigenvalue weighted by Crippen LogP contribution is -2.10. The number of rotatable bonds is 3. The summed E-state index contributed by atoms with van der Waals surface area (Å²) in [6.07, 6.45) is 1.38. The van der Waals surface area contributed by atoms with Gasteiger partial charge in [-0.1, -0.05) is 17.7 Å². The Labute approximate surface area is 117 Å². The minimum atomic E-state index is 0.263. The third-order valence-corrected chi connectivity index (χ3v) is 3.14. The Morgan fingerprint density at radius 2 is 2.00 bits per heavy atom. The van der Waals surface area contributed by atoms with Gasteiger partial charge in [-0.05, 0) is 24.6 Å². The number of nitrogens with two attached hydrogens (primary N) is 1. The first kappa shape index (κ1) is 13.4. The van der Waals surface area contributed by atoms with Crippen LogP contribution in [0.1, 0.15) is 5.56 Å². The quantitative estimate of drug-likeness (QED) is 0.903. The maximum atomic E-state index is 6.05. The lowest BCUT2D eigenvalue weighted by molar-refractivity contribution is 1.11. The van der Waals surface area contributed by atoms with Gasteiger partial charge in [-0.3, -0.25) is 0 Å². The lowest BCUT2D eigenvalue weighted by atomic mass is 10.1. The second-order valence-corrected chi connectivity index (χ2v) is 4.82. The van der Waals surface area contributed by atoms with E-state index < -0.39 is 0 Å². The highest BCUT2D eigenvalue weighted by molar-refractivity contribution is 6.35. The Hall–Kier alpha value is -2.01. The average molecular weight is 278 g/mol. The van der Waals surface area contributed by atoms with Gasteiger partial charge in [0.1, 0.15) is 17.2 Å². The lowest BCUT2D eigenvalue weighted by Gasteiger charge is -2.17. The van der Waals surface area contributed by atoms with Crippen LogP contribution in [0.25, 0.3) is 0 Å². The van der Waals surface area contributed by atoms with Gasteiger partial charge in [-0.2, -0.15) is 0 Å². The molecule has 0 unspecified atom stereocenters. The Morgan fingerprint density at radius 1 is 1.26 bits per heavy atom. The van der Waals surface area contributed by atoms with Crippen molar-refractivity contribution < 1.29 is 0 Å². The summed E-state index contributed by atoms with van der Waals surface area (Å²) in [5.41, 5.74) is 8.87. The standard InChI is InChI=1S/C13H16ClN5/c1-8-4-5-9(6-10(8)19(2)3)18-13-11(14)12(15)16-7-17-13/h4-7H,1-3H3,(H3,15,16,17,18). The smallest absolute Gasteiger partial charge is 0.154 e. The monoisotopic (exact) mass is 277 g/mol. The number of hydrogen-bond acceptors (Lipinski definition) is 5. The Balaban J connectivity index is 2.34. The predicted molar refractivity (Wildman–Crippen MR) is 80.2 cm³/mol. The van der Waals surface area contributed by atoms with Gasteiger partial charge in [0.05, 0.1) is 0 Å². The molecule has 0 aliphatic rings. The van der Waals surface area contributed by atoms with Crippen molar-refractivity contribution in [2.45, 2.75) is 6.92 Å². The van der Waals surface area contributed by atoms with E-state index in [1.807, 2.05) is 32.3 Å². The van der Waals surface area contributed by atoms with E-state index in [-0.39, 0.29) is 5.82 Å². The summed E-state index contributed by atoms with van der Waals surface area (Å²) >= 11 is 6.05. The highest BCUT2D eigenvalue weighted by Gasteiger charge is 2.08. The van der Waals surface area contributed by atoms with Crippen molar-refractivity contribution in [1.29, 1.82) is 0 Å². The second kappa shape index (κ2) is 5.32. The van der Waals surface area contributed by atoms with Gasteiger partial charge in [0.25, 0.3) is 0 Å². The van der Waals surface area contributed by atoms with Crippen LogP contribution >= 0.6 is 11.6 Å². The molecule has 1 heterocycles. The number of anilines is 4. The van der Waals surface area contributed by atoms with Crippen molar-refractivity contribution in [3.63, 3.8) is 0 Å². The predicted octanol–water partition coefficient (Wildman–Crippen LogP) is 2.83. The van der Waals surface area contributed by atoms with Crippen molar-refractivity contribution >= 4 is 34.6 Å². The van der Waals surface area contributed by atoms with Crippen LogP contribution in [0, 0.1) is 6.92 Å². The molecule has 0 aliphatic carbocycles. The number of hydrogen-bond donors (Lipinski definition) is 2. The molecule has 3 N–H and O–H groups in total. The zero-order valence-electron chi connectivity index (χ0n) is 11.1. The van der Waals surface area contributed by atoms with Crippen LogP contribution in [-0.4, -0.2) is 24.1 Å². The molecule has 0 saturated carbocycles. The van der Waals surface area contributed by atoms with Gasteiger partial charge >= 0.3 is 0 Å². The van der Waals surface area contributed by atoms with Gasteiger partial charge in [-0.15, -0.1) is 0 Å². The number of aromatic nitrogens is 2. The molecule has 0 spiro atoms. The first-order valence-electron chi connectivity index (χ1n) is 5.80. The summed E-state index contributed by atoms with van der Waals surface area (Å²) in [5.74, 6) is 0.766. The molecule has 1 aromatic heterocycles. The summed E-state index contributed by atoms with van der Waals surface area (Å²) in [4.78, 5) is 9.96. The van der Waals surface area contributed by atoms with Crippen LogP contribution in [0.5, 0.6) is 0 Å². The molecule has 0 amide bonds. The Morgan fingerprint density at radius 3 is 2.68 bits per heavy atom. The first-order chi connectivity index (χ1) is 8.99. The minimum Gasteiger partial charge on any atom is -0.382 e. The molecule has 2 rings (SSSR count). The maximum Gasteiger partial charge on any atom is 0.154 e. The second-order valence-electron chi connectivity index (χ2n) is 4.44. The van der Waals surface area contributed by atoms with Crippen molar-refractivity contribution in [2.75, 3.05) is 30.0 Å². The molecule has 0 bridgehead atoms. The van der Waals surface area contributed by atoms with Gasteiger partial charge in [-0.25, -0.2) is 9.97 Å². The summed E-state index contributed by atoms with van der Waals surface area (Å²) in [6.45, 7) is 2.06. The van der Waals surface area contributed by atoms with Crippen LogP contribution in [0.4, 0.5) is 23.0 Å². The van der Waals surface area contributed by atoms with E-state index in [4.69, 9.17) is 17.3 Å². The van der Waals surface area contributed by atoms with Gasteiger partial charge in [0.15, 0.2) is 5.82 Å². The van der Waals surface area contributed by atoms with E-state index >= 15 is 0 Å². The van der Waals surface area contributed by atoms with Crippen molar-refractivity contribution in [3.8, 4) is 0 Å². The number of halogens is 1. The SMILES string of the molecule is Cc1ccc(Nc2ncnc(N)c2Cl)cc1N(C)C. The molecule has 0 radical (unpaired) electrons. The zero-order chi connectivity index (χ0) is 14.0. The largest absolute Gasteiger partial charge is 0.382 e. The van der Waals surface area contributed by atoms with Gasteiger partial charge in [0, 0.05) is 25.5 Å². The highest BCUT2D eigenvalue weighted by atomic mass is 35.5. The zero-order valence-corrected chi connectivity index (χ0v) is 11.9. The maximum absolute atomic E-state index is 6.05. The number of nitrogens with zero attached hydrogens (tertiary/aromatic N) is 3. The molecule has 0 fully saturated rings. The number of nitrogens with one attached hydrogen (secondary N) is 1. The van der Waals surface area contributed by atoms with E-state index in [1.165, 1.54) is 11.9 Å². The van der Waals surface area contributed by atoms with E-state index in [9.17, 15) is 0 Å². The number of nitrogen functional groups attached to an aromatic ring is 1.